The lowest BCUT2D eigenvalue weighted by molar-refractivity contribution is -0.302. The number of nitrogens with one attached hydrogen (secondary N) is 1. The van der Waals surface area contributed by atoms with E-state index in [1.807, 2.05) is 0 Å². The lowest BCUT2D eigenvalue weighted by Crippen LogP contribution is -2.60. The predicted octanol–water partition coefficient (Wildman–Crippen LogP) is 9.70. The van der Waals surface area contributed by atoms with Gasteiger partial charge in [0.2, 0.25) is 5.91 Å². The third kappa shape index (κ3) is 28.6. The van der Waals surface area contributed by atoms with Crippen molar-refractivity contribution in [3.63, 3.8) is 0 Å². The van der Waals surface area contributed by atoms with E-state index < -0.39 is 61.5 Å². The lowest BCUT2D eigenvalue weighted by atomic mass is 9.99. The minimum atomic E-state index is -1.59. The monoisotopic (exact) mass is 830 g/mol. The van der Waals surface area contributed by atoms with Gasteiger partial charge < -0.3 is 45.4 Å². The van der Waals surface area contributed by atoms with Crippen molar-refractivity contribution in [3.05, 3.63) is 0 Å². The number of ether oxygens (including phenoxy) is 2. The molecule has 0 spiro atoms. The fraction of sp³-hybridized carbons (Fsp3) is 0.979. The topological polar surface area (TPSA) is 169 Å². The third-order valence-corrected chi connectivity index (χ3v) is 12.3. The Labute approximate surface area is 356 Å². The maximum absolute atomic E-state index is 13.1. The van der Waals surface area contributed by atoms with E-state index in [2.05, 4.69) is 19.2 Å². The number of amides is 1. The van der Waals surface area contributed by atoms with Gasteiger partial charge in [-0.05, 0) is 12.8 Å². The number of aliphatic hydroxyl groups is 6. The van der Waals surface area contributed by atoms with Gasteiger partial charge in [0.25, 0.3) is 0 Å². The van der Waals surface area contributed by atoms with E-state index in [0.29, 0.717) is 12.8 Å². The molecule has 58 heavy (non-hydrogen) atoms. The van der Waals surface area contributed by atoms with Crippen molar-refractivity contribution >= 4 is 5.91 Å². The van der Waals surface area contributed by atoms with Crippen LogP contribution in [-0.2, 0) is 14.3 Å². The zero-order chi connectivity index (χ0) is 42.5. The number of aliphatic hydroxyl groups excluding tert-OH is 6. The number of carbonyl (C=O) groups excluding carboxylic acids is 1. The standard InChI is InChI=1S/C48H95NO9/c1-3-5-7-9-11-13-15-17-19-20-21-22-23-25-27-29-31-33-35-37-42(52)47(56)49-40(39-57-48-46(55)45(54)44(53)43(38-50)58-48)41(51)36-34-32-30-28-26-24-18-16-14-12-10-8-6-4-2/h40-46,48,50-55H,3-39H2,1-2H3,(H,49,56). The minimum absolute atomic E-state index is 0.250. The van der Waals surface area contributed by atoms with Gasteiger partial charge in [0.05, 0.1) is 25.4 Å². The van der Waals surface area contributed by atoms with Crippen molar-refractivity contribution in [1.29, 1.82) is 0 Å². The highest BCUT2D eigenvalue weighted by Crippen LogP contribution is 2.23. The molecule has 10 nitrogen and oxygen atoms in total. The Hall–Kier alpha value is -0.850. The Morgan fingerprint density at radius 2 is 0.862 bits per heavy atom. The summed E-state index contributed by atoms with van der Waals surface area (Å²) in [6, 6.07) is -0.887. The molecule has 1 saturated heterocycles. The first-order valence-electron chi connectivity index (χ1n) is 24.8. The van der Waals surface area contributed by atoms with E-state index in [9.17, 15) is 35.4 Å². The molecule has 0 aromatic heterocycles. The van der Waals surface area contributed by atoms with Crippen molar-refractivity contribution < 1.29 is 44.9 Å². The van der Waals surface area contributed by atoms with Crippen LogP contribution in [0.15, 0.2) is 0 Å². The van der Waals surface area contributed by atoms with Crippen LogP contribution in [0.3, 0.4) is 0 Å². The number of hydrogen-bond donors (Lipinski definition) is 7. The molecule has 10 heteroatoms. The van der Waals surface area contributed by atoms with Gasteiger partial charge in [-0.3, -0.25) is 4.79 Å². The van der Waals surface area contributed by atoms with Gasteiger partial charge in [0.1, 0.15) is 30.5 Å². The van der Waals surface area contributed by atoms with Crippen LogP contribution in [0.2, 0.25) is 0 Å². The normalized spacial score (nSPS) is 21.3. The van der Waals surface area contributed by atoms with E-state index in [-0.39, 0.29) is 6.61 Å². The van der Waals surface area contributed by atoms with Crippen LogP contribution in [0.4, 0.5) is 0 Å². The van der Waals surface area contributed by atoms with Crippen LogP contribution >= 0.6 is 0 Å². The highest BCUT2D eigenvalue weighted by molar-refractivity contribution is 5.80. The van der Waals surface area contributed by atoms with E-state index >= 15 is 0 Å². The SMILES string of the molecule is CCCCCCCCCCCCCCCCCCCCCC(O)C(=O)NC(COC1OC(CO)C(O)C(O)C1O)C(O)CCCCCCCCCCCCCCCC. The summed E-state index contributed by atoms with van der Waals surface area (Å²) >= 11 is 0. The van der Waals surface area contributed by atoms with Crippen molar-refractivity contribution in [3.8, 4) is 0 Å². The fourth-order valence-corrected chi connectivity index (χ4v) is 8.23. The third-order valence-electron chi connectivity index (χ3n) is 12.3. The molecule has 0 radical (unpaired) electrons. The number of rotatable bonds is 42. The average molecular weight is 830 g/mol. The van der Waals surface area contributed by atoms with Gasteiger partial charge in [-0.2, -0.15) is 0 Å². The first kappa shape index (κ1) is 55.2. The van der Waals surface area contributed by atoms with Crippen LogP contribution in [0, 0.1) is 0 Å². The molecule has 1 aliphatic rings. The first-order valence-corrected chi connectivity index (χ1v) is 24.8. The largest absolute Gasteiger partial charge is 0.394 e. The van der Waals surface area contributed by atoms with Gasteiger partial charge >= 0.3 is 0 Å². The first-order chi connectivity index (χ1) is 28.3. The summed E-state index contributed by atoms with van der Waals surface area (Å²) in [5.74, 6) is -0.579. The number of carbonyl (C=O) groups is 1. The maximum Gasteiger partial charge on any atom is 0.249 e. The molecule has 8 unspecified atom stereocenters. The van der Waals surface area contributed by atoms with Gasteiger partial charge in [0, 0.05) is 0 Å². The van der Waals surface area contributed by atoms with Gasteiger partial charge in [-0.15, -0.1) is 0 Å². The molecular formula is C48H95NO9. The highest BCUT2D eigenvalue weighted by Gasteiger charge is 2.44. The molecule has 0 bridgehead atoms. The summed E-state index contributed by atoms with van der Waals surface area (Å²) in [5, 5.41) is 64.9. The van der Waals surface area contributed by atoms with Crippen molar-refractivity contribution in [2.45, 2.75) is 288 Å². The molecule has 346 valence electrons. The second-order valence-electron chi connectivity index (χ2n) is 17.8. The molecule has 0 aromatic carbocycles. The van der Waals surface area contributed by atoms with Crippen molar-refractivity contribution in [1.82, 2.24) is 5.32 Å². The smallest absolute Gasteiger partial charge is 0.249 e. The van der Waals surface area contributed by atoms with Gasteiger partial charge in [-0.1, -0.05) is 226 Å². The summed E-state index contributed by atoms with van der Waals surface area (Å²) in [6.45, 7) is 3.69. The van der Waals surface area contributed by atoms with Crippen LogP contribution in [0.5, 0.6) is 0 Å². The molecule has 1 aliphatic heterocycles. The fourth-order valence-electron chi connectivity index (χ4n) is 8.23. The van der Waals surface area contributed by atoms with Crippen molar-refractivity contribution in [2.75, 3.05) is 13.2 Å². The number of unbranched alkanes of at least 4 members (excludes halogenated alkanes) is 31. The molecule has 0 aromatic rings. The van der Waals surface area contributed by atoms with E-state index in [1.165, 1.54) is 173 Å². The second kappa shape index (κ2) is 39.0. The average Bonchev–Trinajstić information content (AvgIpc) is 3.22. The van der Waals surface area contributed by atoms with Gasteiger partial charge in [0.15, 0.2) is 6.29 Å². The Morgan fingerprint density at radius 3 is 1.22 bits per heavy atom. The minimum Gasteiger partial charge on any atom is -0.394 e. The summed E-state index contributed by atoms with van der Waals surface area (Å²) in [6.07, 6.45) is 32.9. The Kier molecular flexibility index (Phi) is 37.1. The number of hydrogen-bond acceptors (Lipinski definition) is 9. The quantitative estimate of drug-likeness (QED) is 0.0296. The van der Waals surface area contributed by atoms with E-state index in [0.717, 1.165) is 38.5 Å². The Morgan fingerprint density at radius 1 is 0.517 bits per heavy atom. The summed E-state index contributed by atoms with van der Waals surface area (Å²) < 4.78 is 11.2. The molecular weight excluding hydrogens is 735 g/mol. The van der Waals surface area contributed by atoms with Crippen molar-refractivity contribution in [2.24, 2.45) is 0 Å². The van der Waals surface area contributed by atoms with E-state index in [4.69, 9.17) is 9.47 Å². The zero-order valence-electron chi connectivity index (χ0n) is 37.7. The summed E-state index contributed by atoms with van der Waals surface area (Å²) in [5.41, 5.74) is 0. The highest BCUT2D eigenvalue weighted by atomic mass is 16.7. The molecule has 0 aliphatic carbocycles. The van der Waals surface area contributed by atoms with Crippen LogP contribution in [-0.4, -0.2) is 98.7 Å². The van der Waals surface area contributed by atoms with Crippen LogP contribution < -0.4 is 5.32 Å². The molecule has 7 N–H and O–H groups in total. The second-order valence-corrected chi connectivity index (χ2v) is 17.8. The Balaban J connectivity index is 2.32. The maximum atomic E-state index is 13.1. The summed E-state index contributed by atoms with van der Waals surface area (Å²) in [4.78, 5) is 13.1. The van der Waals surface area contributed by atoms with Gasteiger partial charge in [-0.25, -0.2) is 0 Å². The molecule has 0 saturated carbocycles. The molecule has 8 atom stereocenters. The molecule has 1 heterocycles. The lowest BCUT2D eigenvalue weighted by Gasteiger charge is -2.40. The molecule has 1 rings (SSSR count). The van der Waals surface area contributed by atoms with E-state index in [1.54, 1.807) is 0 Å². The zero-order valence-corrected chi connectivity index (χ0v) is 37.7. The van der Waals surface area contributed by atoms with Crippen LogP contribution in [0.25, 0.3) is 0 Å². The van der Waals surface area contributed by atoms with Crippen LogP contribution in [0.1, 0.15) is 239 Å². The summed E-state index contributed by atoms with van der Waals surface area (Å²) in [7, 11) is 0. The molecule has 1 fully saturated rings. The predicted molar refractivity (Wildman–Crippen MR) is 237 cm³/mol. The Bertz CT molecular complexity index is 895. The molecule has 1 amide bonds.